The normalized spacial score (nSPS) is 21.6. The summed E-state index contributed by atoms with van der Waals surface area (Å²) in [5.74, 6) is 0.0699. The highest BCUT2D eigenvalue weighted by Crippen LogP contribution is 2.28. The number of esters is 1. The van der Waals surface area contributed by atoms with E-state index in [0.717, 1.165) is 25.8 Å². The van der Waals surface area contributed by atoms with Crippen molar-refractivity contribution >= 4 is 17.8 Å². The number of rotatable bonds is 10. The van der Waals surface area contributed by atoms with Crippen LogP contribution in [0.2, 0.25) is 0 Å². The van der Waals surface area contributed by atoms with Crippen LogP contribution in [-0.2, 0) is 19.1 Å². The monoisotopic (exact) mass is 493 g/mol. The minimum absolute atomic E-state index is 0.0744. The van der Waals surface area contributed by atoms with E-state index in [4.69, 9.17) is 4.74 Å². The van der Waals surface area contributed by atoms with Gasteiger partial charge in [0, 0.05) is 25.2 Å². The van der Waals surface area contributed by atoms with Crippen molar-refractivity contribution in [3.63, 3.8) is 0 Å². The molecule has 0 aromatic rings. The Bertz CT molecular complexity index is 754. The van der Waals surface area contributed by atoms with Crippen molar-refractivity contribution in [2.75, 3.05) is 20.2 Å². The maximum atomic E-state index is 13.8. The number of hydrogen-bond acceptors (Lipinski definition) is 5. The lowest BCUT2D eigenvalue weighted by molar-refractivity contribution is -0.142. The van der Waals surface area contributed by atoms with Crippen LogP contribution in [0.5, 0.6) is 0 Å². The third kappa shape index (κ3) is 8.62. The Labute approximate surface area is 214 Å². The highest BCUT2D eigenvalue weighted by molar-refractivity contribution is 5.91. The number of nitrogens with zero attached hydrogens (tertiary/aromatic N) is 2. The van der Waals surface area contributed by atoms with Gasteiger partial charge < -0.3 is 15.0 Å². The second-order valence-corrected chi connectivity index (χ2v) is 11.7. The summed E-state index contributed by atoms with van der Waals surface area (Å²) in [4.78, 5) is 43.5. The quantitative estimate of drug-likeness (QED) is 0.360. The molecule has 35 heavy (non-hydrogen) atoms. The van der Waals surface area contributed by atoms with Crippen molar-refractivity contribution in [1.82, 2.24) is 15.1 Å². The van der Waals surface area contributed by atoms with E-state index in [-0.39, 0.29) is 41.8 Å². The number of likely N-dealkylation sites (N-methyl/N-ethyl adjacent to an activating group) is 1. The number of likely N-dealkylation sites (tertiary alicyclic amines) is 1. The van der Waals surface area contributed by atoms with Gasteiger partial charge in [0.1, 0.15) is 6.04 Å². The predicted octanol–water partition coefficient (Wildman–Crippen LogP) is 4.41. The molecular weight excluding hydrogens is 442 g/mol. The predicted molar refractivity (Wildman–Crippen MR) is 142 cm³/mol. The summed E-state index contributed by atoms with van der Waals surface area (Å²) < 4.78 is 5.12. The fourth-order valence-electron chi connectivity index (χ4n) is 4.82. The molecule has 7 heteroatoms. The van der Waals surface area contributed by atoms with E-state index >= 15 is 0 Å². The van der Waals surface area contributed by atoms with E-state index in [9.17, 15) is 14.4 Å². The average Bonchev–Trinajstić information content (AvgIpc) is 2.78. The minimum Gasteiger partial charge on any atom is -0.463 e. The Balaban J connectivity index is 3.17. The molecule has 1 aliphatic heterocycles. The molecule has 1 saturated heterocycles. The van der Waals surface area contributed by atoms with Gasteiger partial charge in [-0.25, -0.2) is 4.79 Å². The Morgan fingerprint density at radius 2 is 1.71 bits per heavy atom. The van der Waals surface area contributed by atoms with Crippen LogP contribution < -0.4 is 5.32 Å². The lowest BCUT2D eigenvalue weighted by Gasteiger charge is -2.43. The van der Waals surface area contributed by atoms with Gasteiger partial charge in [0.05, 0.1) is 18.7 Å². The molecule has 0 aromatic heterocycles. The molecule has 0 bridgehead atoms. The van der Waals surface area contributed by atoms with Gasteiger partial charge in [0.15, 0.2) is 0 Å². The third-order valence-corrected chi connectivity index (χ3v) is 7.16. The van der Waals surface area contributed by atoms with E-state index in [0.29, 0.717) is 18.1 Å². The molecule has 1 aliphatic rings. The lowest BCUT2D eigenvalue weighted by Crippen LogP contribution is -2.61. The lowest BCUT2D eigenvalue weighted by atomic mass is 9.84. The van der Waals surface area contributed by atoms with Crippen molar-refractivity contribution in [3.05, 3.63) is 11.6 Å². The van der Waals surface area contributed by atoms with Crippen LogP contribution in [0.15, 0.2) is 11.6 Å². The molecule has 2 amide bonds. The van der Waals surface area contributed by atoms with E-state index < -0.39 is 11.5 Å². The average molecular weight is 494 g/mol. The van der Waals surface area contributed by atoms with Crippen molar-refractivity contribution in [3.8, 4) is 0 Å². The van der Waals surface area contributed by atoms with Crippen LogP contribution in [0, 0.1) is 17.3 Å². The number of piperidine rings is 1. The van der Waals surface area contributed by atoms with Crippen LogP contribution in [0.25, 0.3) is 0 Å². The van der Waals surface area contributed by atoms with Gasteiger partial charge >= 0.3 is 5.97 Å². The first-order chi connectivity index (χ1) is 16.1. The molecule has 1 fully saturated rings. The van der Waals surface area contributed by atoms with Crippen molar-refractivity contribution in [2.24, 2.45) is 17.3 Å². The minimum atomic E-state index is -0.685. The van der Waals surface area contributed by atoms with Crippen molar-refractivity contribution < 1.29 is 19.1 Å². The van der Waals surface area contributed by atoms with Gasteiger partial charge in [-0.05, 0) is 57.8 Å². The first kappa shape index (κ1) is 31.1. The third-order valence-electron chi connectivity index (χ3n) is 7.16. The van der Waals surface area contributed by atoms with Crippen LogP contribution in [-0.4, -0.2) is 72.0 Å². The van der Waals surface area contributed by atoms with Gasteiger partial charge in [0.25, 0.3) is 0 Å². The molecule has 7 nitrogen and oxygen atoms in total. The maximum Gasteiger partial charge on any atom is 0.333 e. The summed E-state index contributed by atoms with van der Waals surface area (Å²) in [6, 6.07) is -0.961. The number of amides is 2. The van der Waals surface area contributed by atoms with Gasteiger partial charge in [-0.1, -0.05) is 54.0 Å². The van der Waals surface area contributed by atoms with Gasteiger partial charge in [-0.2, -0.15) is 0 Å². The molecular formula is C28H51N3O4. The molecule has 202 valence electrons. The summed E-state index contributed by atoms with van der Waals surface area (Å²) >= 11 is 0. The van der Waals surface area contributed by atoms with Crippen LogP contribution in [0.1, 0.15) is 88.5 Å². The number of ether oxygens (including phenoxy) is 1. The number of hydrogen-bond donors (Lipinski definition) is 1. The highest BCUT2D eigenvalue weighted by atomic mass is 16.5. The van der Waals surface area contributed by atoms with Crippen molar-refractivity contribution in [1.29, 1.82) is 0 Å². The standard InChI is InChI=1S/C28H51N3O4/c1-12-21-14-15-22(31(17-21)19(5)6)25(32)29-24(28(8,9)10)26(33)30(11)23(18(3)4)16-20(7)27(34)35-13-2/h16,18-19,21-24H,12-15,17H2,1-11H3,(H,29,32)/b20-16+/t21?,22-,23?,24?/m1/s1. The topological polar surface area (TPSA) is 79.0 Å². The molecule has 0 aliphatic carbocycles. The Hall–Kier alpha value is -1.89. The zero-order chi connectivity index (χ0) is 27.1. The van der Waals surface area contributed by atoms with Gasteiger partial charge in [-0.3, -0.25) is 14.5 Å². The Morgan fingerprint density at radius 1 is 1.11 bits per heavy atom. The zero-order valence-electron chi connectivity index (χ0n) is 24.1. The van der Waals surface area contributed by atoms with E-state index in [1.807, 2.05) is 34.6 Å². The van der Waals surface area contributed by atoms with E-state index in [2.05, 4.69) is 31.0 Å². The molecule has 0 radical (unpaired) electrons. The molecule has 0 aromatic carbocycles. The molecule has 4 atom stereocenters. The Kier molecular flexibility index (Phi) is 11.9. The summed E-state index contributed by atoms with van der Waals surface area (Å²) in [6.45, 7) is 21.1. The van der Waals surface area contributed by atoms with Crippen LogP contribution >= 0.6 is 0 Å². The smallest absolute Gasteiger partial charge is 0.333 e. The second-order valence-electron chi connectivity index (χ2n) is 11.7. The van der Waals surface area contributed by atoms with Crippen molar-refractivity contribution in [2.45, 2.75) is 113 Å². The zero-order valence-corrected chi connectivity index (χ0v) is 24.1. The number of carbonyl (C=O) groups excluding carboxylic acids is 3. The Morgan fingerprint density at radius 3 is 2.17 bits per heavy atom. The highest BCUT2D eigenvalue weighted by Gasteiger charge is 2.40. The largest absolute Gasteiger partial charge is 0.463 e. The molecule has 1 heterocycles. The summed E-state index contributed by atoms with van der Waals surface area (Å²) in [5, 5.41) is 3.13. The first-order valence-corrected chi connectivity index (χ1v) is 13.3. The molecule has 1 N–H and O–H groups in total. The summed E-state index contributed by atoms with van der Waals surface area (Å²) in [7, 11) is 1.75. The van der Waals surface area contributed by atoms with E-state index in [1.54, 1.807) is 31.9 Å². The van der Waals surface area contributed by atoms with Crippen LogP contribution in [0.4, 0.5) is 0 Å². The second kappa shape index (κ2) is 13.4. The summed E-state index contributed by atoms with van der Waals surface area (Å²) in [5.41, 5.74) is -0.00655. The first-order valence-electron chi connectivity index (χ1n) is 13.3. The van der Waals surface area contributed by atoms with E-state index in [1.165, 1.54) is 0 Å². The summed E-state index contributed by atoms with van der Waals surface area (Å²) in [6.07, 6.45) is 4.74. The number of nitrogens with one attached hydrogen (secondary N) is 1. The van der Waals surface area contributed by atoms with Crippen LogP contribution in [0.3, 0.4) is 0 Å². The fourth-order valence-corrected chi connectivity index (χ4v) is 4.82. The SMILES string of the molecule is CCOC(=O)/C(C)=C/C(C(C)C)N(C)C(=O)C(NC(=O)[C@H]1CCC(CC)CN1C(C)C)C(C)(C)C. The molecule has 1 rings (SSSR count). The molecule has 0 saturated carbocycles. The van der Waals surface area contributed by atoms with Gasteiger partial charge in [0.2, 0.25) is 11.8 Å². The molecule has 0 spiro atoms. The maximum absolute atomic E-state index is 13.8. The molecule has 3 unspecified atom stereocenters. The van der Waals surface area contributed by atoms with Gasteiger partial charge in [-0.15, -0.1) is 0 Å². The fraction of sp³-hybridized carbons (Fsp3) is 0.821. The number of carbonyl (C=O) groups is 3.